The van der Waals surface area contributed by atoms with Gasteiger partial charge in [-0.05, 0) is 49.1 Å². The average Bonchev–Trinajstić information content (AvgIpc) is 2.96. The molecule has 0 unspecified atom stereocenters. The second kappa shape index (κ2) is 17.7. The highest BCUT2D eigenvalue weighted by Gasteiger charge is 2.36. The maximum Gasteiger partial charge on any atom is 0.253 e. The molecule has 0 aliphatic rings. The zero-order chi connectivity index (χ0) is 32.9. The molecule has 0 fully saturated rings. The molecule has 14 heteroatoms. The minimum Gasteiger partial charge on any atom is -0.388 e. The fourth-order valence-corrected chi connectivity index (χ4v) is 6.27. The van der Waals surface area contributed by atoms with Crippen molar-refractivity contribution in [1.29, 1.82) is 0 Å². The van der Waals surface area contributed by atoms with Crippen molar-refractivity contribution < 1.29 is 41.8 Å². The number of pyridine rings is 1. The predicted octanol–water partition coefficient (Wildman–Crippen LogP) is 1.82. The van der Waals surface area contributed by atoms with Crippen LogP contribution < -0.4 is 16.0 Å². The summed E-state index contributed by atoms with van der Waals surface area (Å²) in [7, 11) is -3.85. The van der Waals surface area contributed by atoms with Gasteiger partial charge in [0.25, 0.3) is 5.91 Å². The second-order valence-electron chi connectivity index (χ2n) is 10.8. The maximum atomic E-state index is 14.0. The van der Waals surface area contributed by atoms with Crippen molar-refractivity contribution in [1.82, 2.24) is 20.9 Å². The number of unbranched alkanes of at least 4 members (excludes halogenated alkanes) is 2. The SMILES string of the molecule is CCCC[C@@H](NC(C)=O)[C@@H](O)[C@H](O)[C@H](Cc1cc(F)cc(F)c1)NC(=O)[C@@H](CS(=O)(=O)CCCC)NC(=O)c1cccnc1. The molecule has 0 radical (unpaired) electrons. The topological polar surface area (TPSA) is 175 Å². The maximum absolute atomic E-state index is 14.0. The van der Waals surface area contributed by atoms with Crippen LogP contribution in [0.3, 0.4) is 0 Å². The van der Waals surface area contributed by atoms with E-state index in [1.54, 1.807) is 6.92 Å². The van der Waals surface area contributed by atoms with Crippen molar-refractivity contribution >= 4 is 27.6 Å². The summed E-state index contributed by atoms with van der Waals surface area (Å²) < 4.78 is 53.8. The van der Waals surface area contributed by atoms with E-state index in [9.17, 15) is 41.8 Å². The molecule has 0 bridgehead atoms. The molecule has 1 aromatic heterocycles. The molecule has 0 aliphatic heterocycles. The van der Waals surface area contributed by atoms with E-state index in [0.29, 0.717) is 31.7 Å². The van der Waals surface area contributed by atoms with E-state index in [0.717, 1.165) is 12.1 Å². The van der Waals surface area contributed by atoms with Gasteiger partial charge in [-0.2, -0.15) is 0 Å². The molecule has 1 aromatic carbocycles. The first kappa shape index (κ1) is 36.7. The van der Waals surface area contributed by atoms with E-state index in [1.165, 1.54) is 31.5 Å². The minimum absolute atomic E-state index is 0.0233. The van der Waals surface area contributed by atoms with Gasteiger partial charge in [-0.1, -0.05) is 33.1 Å². The number of aromatic nitrogens is 1. The molecule has 2 rings (SSSR count). The van der Waals surface area contributed by atoms with Gasteiger partial charge in [-0.15, -0.1) is 0 Å². The Morgan fingerprint density at radius 2 is 1.57 bits per heavy atom. The highest BCUT2D eigenvalue weighted by Crippen LogP contribution is 2.17. The third kappa shape index (κ3) is 12.2. The zero-order valence-corrected chi connectivity index (χ0v) is 25.9. The predicted molar refractivity (Wildman–Crippen MR) is 160 cm³/mol. The lowest BCUT2D eigenvalue weighted by Gasteiger charge is -2.33. The van der Waals surface area contributed by atoms with Crippen LogP contribution >= 0.6 is 0 Å². The number of halogens is 2. The van der Waals surface area contributed by atoms with E-state index < -0.39 is 75.3 Å². The first-order chi connectivity index (χ1) is 20.8. The molecule has 1 heterocycles. The molecule has 0 spiro atoms. The number of benzene rings is 1. The quantitative estimate of drug-likeness (QED) is 0.164. The monoisotopic (exact) mass is 640 g/mol. The molecule has 0 saturated carbocycles. The van der Waals surface area contributed by atoms with Gasteiger partial charge < -0.3 is 26.2 Å². The lowest BCUT2D eigenvalue weighted by molar-refractivity contribution is -0.126. The average molecular weight is 641 g/mol. The third-order valence-electron chi connectivity index (χ3n) is 6.91. The van der Waals surface area contributed by atoms with Gasteiger partial charge in [-0.25, -0.2) is 17.2 Å². The number of amides is 3. The fourth-order valence-electron chi connectivity index (χ4n) is 4.64. The van der Waals surface area contributed by atoms with Crippen LogP contribution in [0.15, 0.2) is 42.7 Å². The van der Waals surface area contributed by atoms with Crippen LogP contribution in [0.2, 0.25) is 0 Å². The van der Waals surface area contributed by atoms with Gasteiger partial charge in [0.1, 0.15) is 29.9 Å². The van der Waals surface area contributed by atoms with Crippen LogP contribution in [0.5, 0.6) is 0 Å². The van der Waals surface area contributed by atoms with Crippen LogP contribution in [0.1, 0.15) is 68.8 Å². The summed E-state index contributed by atoms with van der Waals surface area (Å²) in [6.07, 6.45) is 1.33. The summed E-state index contributed by atoms with van der Waals surface area (Å²) in [5.41, 5.74) is 0.0859. The highest BCUT2D eigenvalue weighted by molar-refractivity contribution is 7.91. The number of carbonyl (C=O) groups is 3. The number of sulfone groups is 1. The number of aliphatic hydroxyl groups is 2. The van der Waals surface area contributed by atoms with E-state index >= 15 is 0 Å². The lowest BCUT2D eigenvalue weighted by Crippen LogP contribution is -2.59. The van der Waals surface area contributed by atoms with Crippen molar-refractivity contribution in [2.24, 2.45) is 0 Å². The van der Waals surface area contributed by atoms with Gasteiger partial charge in [0.2, 0.25) is 11.8 Å². The molecule has 3 amide bonds. The second-order valence-corrected chi connectivity index (χ2v) is 13.0. The van der Waals surface area contributed by atoms with Crippen molar-refractivity contribution in [2.45, 2.75) is 89.6 Å². The Morgan fingerprint density at radius 1 is 0.932 bits per heavy atom. The van der Waals surface area contributed by atoms with E-state index in [-0.39, 0.29) is 29.7 Å². The van der Waals surface area contributed by atoms with Crippen molar-refractivity contribution in [3.63, 3.8) is 0 Å². The Kier molecular flexibility index (Phi) is 14.8. The summed E-state index contributed by atoms with van der Waals surface area (Å²) >= 11 is 0. The first-order valence-electron chi connectivity index (χ1n) is 14.6. The summed E-state index contributed by atoms with van der Waals surface area (Å²) in [6, 6.07) is 1.54. The van der Waals surface area contributed by atoms with Crippen LogP contribution in [-0.2, 0) is 25.8 Å². The van der Waals surface area contributed by atoms with Gasteiger partial charge in [0, 0.05) is 25.4 Å². The fraction of sp³-hybridized carbons (Fsp3) is 0.533. The Morgan fingerprint density at radius 3 is 2.14 bits per heavy atom. The number of carbonyl (C=O) groups excluding carboxylic acids is 3. The van der Waals surface area contributed by atoms with Crippen LogP contribution in [-0.4, -0.2) is 83.2 Å². The van der Waals surface area contributed by atoms with Crippen LogP contribution in [0.4, 0.5) is 8.78 Å². The number of aliphatic hydroxyl groups excluding tert-OH is 2. The van der Waals surface area contributed by atoms with E-state index in [4.69, 9.17) is 0 Å². The van der Waals surface area contributed by atoms with E-state index in [1.807, 2.05) is 6.92 Å². The Bertz CT molecular complexity index is 1330. The largest absolute Gasteiger partial charge is 0.388 e. The molecule has 5 atom stereocenters. The lowest BCUT2D eigenvalue weighted by atomic mass is 9.91. The minimum atomic E-state index is -3.85. The number of nitrogens with one attached hydrogen (secondary N) is 3. The van der Waals surface area contributed by atoms with Crippen molar-refractivity contribution in [3.05, 3.63) is 65.5 Å². The van der Waals surface area contributed by atoms with Gasteiger partial charge in [-0.3, -0.25) is 19.4 Å². The highest BCUT2D eigenvalue weighted by atomic mass is 32.2. The molecular formula is C30H42F2N4O7S. The smallest absolute Gasteiger partial charge is 0.253 e. The third-order valence-corrected chi connectivity index (χ3v) is 8.66. The molecular weight excluding hydrogens is 598 g/mol. The Hall–Kier alpha value is -3.49. The first-order valence-corrected chi connectivity index (χ1v) is 16.4. The summed E-state index contributed by atoms with van der Waals surface area (Å²) in [4.78, 5) is 42.2. The van der Waals surface area contributed by atoms with Gasteiger partial charge >= 0.3 is 0 Å². The van der Waals surface area contributed by atoms with Crippen LogP contribution in [0.25, 0.3) is 0 Å². The molecule has 2 aromatic rings. The number of hydrogen-bond acceptors (Lipinski definition) is 8. The zero-order valence-electron chi connectivity index (χ0n) is 25.1. The molecule has 11 nitrogen and oxygen atoms in total. The molecule has 0 saturated heterocycles. The Labute approximate surface area is 256 Å². The standard InChI is InChI=1S/C30H42F2N4O7S/c1-4-6-10-24(34-19(3)37)27(38)28(39)25(15-20-13-22(31)16-23(32)14-20)35-30(41)26(18-44(42,43)12-7-5-2)36-29(40)21-9-8-11-33-17-21/h8-9,11,13-14,16-17,24-28,38-39H,4-7,10,12,15,18H2,1-3H3,(H,34,37)(H,35,41)(H,36,40)/t24-,25+,26-,27-,28-/m1/s1. The summed E-state index contributed by atoms with van der Waals surface area (Å²) in [5, 5.41) is 29.9. The summed E-state index contributed by atoms with van der Waals surface area (Å²) in [5.74, 6) is -5.10. The molecule has 44 heavy (non-hydrogen) atoms. The van der Waals surface area contributed by atoms with E-state index in [2.05, 4.69) is 20.9 Å². The molecule has 244 valence electrons. The van der Waals surface area contributed by atoms with Gasteiger partial charge in [0.05, 0.1) is 29.2 Å². The van der Waals surface area contributed by atoms with Crippen LogP contribution in [0, 0.1) is 11.6 Å². The summed E-state index contributed by atoms with van der Waals surface area (Å²) in [6.45, 7) is 4.93. The number of nitrogens with zero attached hydrogens (tertiary/aromatic N) is 1. The Balaban J connectivity index is 2.45. The van der Waals surface area contributed by atoms with Crippen molar-refractivity contribution in [2.75, 3.05) is 11.5 Å². The molecule has 0 aliphatic carbocycles. The van der Waals surface area contributed by atoms with Gasteiger partial charge in [0.15, 0.2) is 9.84 Å². The normalized spacial score (nSPS) is 15.0. The molecule has 5 N–H and O–H groups in total. The number of rotatable bonds is 18. The van der Waals surface area contributed by atoms with Crippen molar-refractivity contribution in [3.8, 4) is 0 Å². The number of hydrogen-bond donors (Lipinski definition) is 5.